The zero-order valence-electron chi connectivity index (χ0n) is 10.8. The van der Waals surface area contributed by atoms with Crippen LogP contribution in [0.5, 0.6) is 0 Å². The topological polar surface area (TPSA) is 97.3 Å². The molecule has 1 aromatic carbocycles. The van der Waals surface area contributed by atoms with Crippen molar-refractivity contribution in [1.29, 1.82) is 0 Å². The Morgan fingerprint density at radius 3 is 2.86 bits per heavy atom. The molecular weight excluding hydrogens is 286 g/mol. The van der Waals surface area contributed by atoms with E-state index in [0.717, 1.165) is 20.8 Å². The van der Waals surface area contributed by atoms with Crippen molar-refractivity contribution in [3.8, 4) is 0 Å². The van der Waals surface area contributed by atoms with Crippen LogP contribution < -0.4 is 5.73 Å². The van der Waals surface area contributed by atoms with Crippen molar-refractivity contribution in [1.82, 2.24) is 15.0 Å². The van der Waals surface area contributed by atoms with Crippen molar-refractivity contribution in [2.75, 3.05) is 0 Å². The maximum atomic E-state index is 8.71. The number of nitrogens with two attached hydrogens (primary N) is 1. The molecule has 2 heterocycles. The summed E-state index contributed by atoms with van der Waals surface area (Å²) in [7, 11) is 0. The quantitative estimate of drug-likeness (QED) is 0.253. The first-order valence-corrected chi connectivity index (χ1v) is 6.91. The van der Waals surface area contributed by atoms with Crippen LogP contribution in [0.25, 0.3) is 10.9 Å². The van der Waals surface area contributed by atoms with E-state index >= 15 is 0 Å². The number of hydrogen-bond acceptors (Lipinski definition) is 6. The number of oxime groups is 1. The van der Waals surface area contributed by atoms with Crippen LogP contribution in [-0.4, -0.2) is 26.0 Å². The minimum atomic E-state index is -0.0232. The summed E-state index contributed by atoms with van der Waals surface area (Å²) < 4.78 is 0. The van der Waals surface area contributed by atoms with E-state index in [0.29, 0.717) is 5.69 Å². The van der Waals surface area contributed by atoms with E-state index in [1.54, 1.807) is 12.3 Å². The van der Waals surface area contributed by atoms with Crippen molar-refractivity contribution >= 4 is 28.5 Å². The standard InChI is InChI=1S/C14H11N5OS/c15-13(19-20)12-7-9(5-6-16-12)21-14-10-3-1-2-4-11(10)17-8-18-14/h1-8,20H,(H2,15,19). The lowest BCUT2D eigenvalue weighted by Crippen LogP contribution is -2.14. The van der Waals surface area contributed by atoms with Crippen LogP contribution in [0.15, 0.2) is 64.0 Å². The van der Waals surface area contributed by atoms with Crippen molar-refractivity contribution in [2.24, 2.45) is 10.9 Å². The van der Waals surface area contributed by atoms with Gasteiger partial charge in [-0.05, 0) is 18.2 Å². The van der Waals surface area contributed by atoms with Gasteiger partial charge in [-0.25, -0.2) is 9.97 Å². The fourth-order valence-electron chi connectivity index (χ4n) is 1.84. The van der Waals surface area contributed by atoms with E-state index in [1.165, 1.54) is 18.1 Å². The molecule has 21 heavy (non-hydrogen) atoms. The van der Waals surface area contributed by atoms with Crippen LogP contribution in [0.4, 0.5) is 0 Å². The third-order valence-electron chi connectivity index (χ3n) is 2.82. The fourth-order valence-corrected chi connectivity index (χ4v) is 2.74. The number of amidine groups is 1. The first-order chi connectivity index (χ1) is 10.3. The maximum absolute atomic E-state index is 8.71. The summed E-state index contributed by atoms with van der Waals surface area (Å²) in [5.74, 6) is -0.0232. The van der Waals surface area contributed by atoms with Gasteiger partial charge in [0.15, 0.2) is 5.84 Å². The highest BCUT2D eigenvalue weighted by Gasteiger charge is 2.07. The molecule has 104 valence electrons. The van der Waals surface area contributed by atoms with Gasteiger partial charge in [0.2, 0.25) is 0 Å². The maximum Gasteiger partial charge on any atom is 0.188 e. The smallest absolute Gasteiger partial charge is 0.188 e. The zero-order valence-corrected chi connectivity index (χ0v) is 11.7. The molecular formula is C14H11N5OS. The summed E-state index contributed by atoms with van der Waals surface area (Å²) >= 11 is 1.48. The molecule has 0 aliphatic carbocycles. The number of rotatable bonds is 3. The number of para-hydroxylation sites is 1. The van der Waals surface area contributed by atoms with Crippen LogP contribution in [0.1, 0.15) is 5.69 Å². The Labute approximate surface area is 124 Å². The molecule has 0 saturated carbocycles. The molecule has 3 rings (SSSR count). The van der Waals surface area contributed by atoms with E-state index in [-0.39, 0.29) is 5.84 Å². The molecule has 0 aliphatic heterocycles. The third kappa shape index (κ3) is 2.77. The number of benzene rings is 1. The van der Waals surface area contributed by atoms with Crippen LogP contribution in [0.3, 0.4) is 0 Å². The normalized spacial score (nSPS) is 11.7. The lowest BCUT2D eigenvalue weighted by atomic mass is 10.2. The molecule has 2 aromatic heterocycles. The summed E-state index contributed by atoms with van der Waals surface area (Å²) in [5.41, 5.74) is 6.86. The van der Waals surface area contributed by atoms with Crippen molar-refractivity contribution in [2.45, 2.75) is 9.92 Å². The van der Waals surface area contributed by atoms with E-state index in [4.69, 9.17) is 10.9 Å². The molecule has 0 radical (unpaired) electrons. The van der Waals surface area contributed by atoms with Crippen LogP contribution in [0, 0.1) is 0 Å². The summed E-state index contributed by atoms with van der Waals surface area (Å²) in [6.07, 6.45) is 3.15. The molecule has 0 aliphatic rings. The Balaban J connectivity index is 1.99. The van der Waals surface area contributed by atoms with Crippen molar-refractivity contribution in [3.63, 3.8) is 0 Å². The average Bonchev–Trinajstić information content (AvgIpc) is 2.55. The van der Waals surface area contributed by atoms with Crippen LogP contribution in [-0.2, 0) is 0 Å². The Hall–Kier alpha value is -2.67. The van der Waals surface area contributed by atoms with E-state index in [9.17, 15) is 0 Å². The van der Waals surface area contributed by atoms with Gasteiger partial charge in [0, 0.05) is 16.5 Å². The molecule has 0 spiro atoms. The molecule has 3 aromatic rings. The molecule has 3 N–H and O–H groups in total. The first kappa shape index (κ1) is 13.3. The minimum absolute atomic E-state index is 0.0232. The Morgan fingerprint density at radius 1 is 1.14 bits per heavy atom. The number of fused-ring (bicyclic) bond motifs is 1. The summed E-state index contributed by atoms with van der Waals surface area (Å²) in [5, 5.41) is 13.5. The molecule has 0 fully saturated rings. The molecule has 0 bridgehead atoms. The van der Waals surface area contributed by atoms with Gasteiger partial charge in [0.05, 0.1) is 5.52 Å². The van der Waals surface area contributed by atoms with E-state index < -0.39 is 0 Å². The van der Waals surface area contributed by atoms with Gasteiger partial charge in [-0.3, -0.25) is 4.98 Å². The first-order valence-electron chi connectivity index (χ1n) is 6.09. The lowest BCUT2D eigenvalue weighted by Gasteiger charge is -2.05. The molecule has 0 atom stereocenters. The average molecular weight is 297 g/mol. The highest BCUT2D eigenvalue weighted by molar-refractivity contribution is 7.99. The number of pyridine rings is 1. The minimum Gasteiger partial charge on any atom is -0.409 e. The van der Waals surface area contributed by atoms with Gasteiger partial charge in [0.25, 0.3) is 0 Å². The van der Waals surface area contributed by atoms with Gasteiger partial charge in [0.1, 0.15) is 17.0 Å². The second-order valence-corrected chi connectivity index (χ2v) is 5.22. The summed E-state index contributed by atoms with van der Waals surface area (Å²) in [6.45, 7) is 0. The van der Waals surface area contributed by atoms with E-state index in [1.807, 2.05) is 30.3 Å². The number of nitrogens with zero attached hydrogens (tertiary/aromatic N) is 4. The third-order valence-corrected chi connectivity index (χ3v) is 3.83. The molecule has 7 heteroatoms. The van der Waals surface area contributed by atoms with Crippen LogP contribution in [0.2, 0.25) is 0 Å². The Morgan fingerprint density at radius 2 is 2.00 bits per heavy atom. The van der Waals surface area contributed by atoms with Gasteiger partial charge in [-0.1, -0.05) is 35.1 Å². The van der Waals surface area contributed by atoms with Crippen molar-refractivity contribution in [3.05, 3.63) is 54.6 Å². The van der Waals surface area contributed by atoms with Gasteiger partial charge in [-0.2, -0.15) is 0 Å². The van der Waals surface area contributed by atoms with Gasteiger partial charge < -0.3 is 10.9 Å². The molecule has 0 unspecified atom stereocenters. The molecule has 6 nitrogen and oxygen atoms in total. The highest BCUT2D eigenvalue weighted by Crippen LogP contribution is 2.30. The summed E-state index contributed by atoms with van der Waals surface area (Å²) in [6, 6.07) is 11.4. The molecule has 0 amide bonds. The zero-order chi connectivity index (χ0) is 14.7. The number of aromatic nitrogens is 3. The fraction of sp³-hybridized carbons (Fsp3) is 0. The van der Waals surface area contributed by atoms with Crippen molar-refractivity contribution < 1.29 is 5.21 Å². The largest absolute Gasteiger partial charge is 0.409 e. The highest BCUT2D eigenvalue weighted by atomic mass is 32.2. The predicted molar refractivity (Wildman–Crippen MR) is 80.4 cm³/mol. The second-order valence-electron chi connectivity index (χ2n) is 4.16. The number of hydrogen-bond donors (Lipinski definition) is 2. The lowest BCUT2D eigenvalue weighted by molar-refractivity contribution is 0.318. The Bertz CT molecular complexity index is 816. The van der Waals surface area contributed by atoms with Gasteiger partial charge >= 0.3 is 0 Å². The van der Waals surface area contributed by atoms with Crippen LogP contribution >= 0.6 is 11.8 Å². The van der Waals surface area contributed by atoms with Gasteiger partial charge in [-0.15, -0.1) is 0 Å². The predicted octanol–water partition coefficient (Wildman–Crippen LogP) is 2.27. The van der Waals surface area contributed by atoms with E-state index in [2.05, 4.69) is 20.1 Å². The summed E-state index contributed by atoms with van der Waals surface area (Å²) in [4.78, 5) is 13.5. The Kier molecular flexibility index (Phi) is 3.65. The molecule has 0 saturated heterocycles. The second kappa shape index (κ2) is 5.76. The SMILES string of the molecule is NC(=NO)c1cc(Sc2ncnc3ccccc23)ccn1. The monoisotopic (exact) mass is 297 g/mol.